The topological polar surface area (TPSA) is 94.2 Å². The van der Waals surface area contributed by atoms with Crippen molar-refractivity contribution in [3.63, 3.8) is 0 Å². The van der Waals surface area contributed by atoms with Gasteiger partial charge in [0.25, 0.3) is 0 Å². The molecule has 1 aliphatic rings. The fraction of sp³-hybridized carbons (Fsp3) is 0.458. The molecule has 1 aliphatic carbocycles. The highest BCUT2D eigenvalue weighted by Gasteiger charge is 2.34. The van der Waals surface area contributed by atoms with Crippen molar-refractivity contribution in [2.45, 2.75) is 50.0 Å². The van der Waals surface area contributed by atoms with E-state index in [9.17, 15) is 13.2 Å². The largest absolute Gasteiger partial charge is 0.493 e. The van der Waals surface area contributed by atoms with Crippen LogP contribution >= 0.6 is 0 Å². The first-order valence-electron chi connectivity index (χ1n) is 11.2. The first-order valence-corrected chi connectivity index (χ1v) is 12.6. The van der Waals surface area contributed by atoms with Crippen molar-refractivity contribution in [2.75, 3.05) is 32.7 Å². The molecule has 0 aromatic heterocycles. The molecule has 33 heavy (non-hydrogen) atoms. The molecule has 0 atom stereocenters. The van der Waals surface area contributed by atoms with Crippen molar-refractivity contribution in [3.05, 3.63) is 42.5 Å². The van der Waals surface area contributed by atoms with Crippen molar-refractivity contribution in [3.8, 4) is 17.2 Å². The zero-order chi connectivity index (χ0) is 23.8. The summed E-state index contributed by atoms with van der Waals surface area (Å²) in [6.07, 6.45) is 4.36. The van der Waals surface area contributed by atoms with Crippen LogP contribution in [0.2, 0.25) is 0 Å². The van der Waals surface area contributed by atoms with Gasteiger partial charge >= 0.3 is 0 Å². The maximum absolute atomic E-state index is 13.7. The fourth-order valence-corrected chi connectivity index (χ4v) is 5.73. The molecule has 180 valence electrons. The minimum Gasteiger partial charge on any atom is -0.493 e. The Hall–Kier alpha value is -2.78. The average Bonchev–Trinajstić information content (AvgIpc) is 2.83. The molecule has 3 rings (SSSR count). The lowest BCUT2D eigenvalue weighted by Gasteiger charge is -2.33. The molecule has 8 nitrogen and oxygen atoms in total. The number of anilines is 1. The maximum atomic E-state index is 13.7. The molecule has 9 heteroatoms. The summed E-state index contributed by atoms with van der Waals surface area (Å²) in [5, 5.41) is 2.81. The zero-order valence-electron chi connectivity index (χ0n) is 19.4. The summed E-state index contributed by atoms with van der Waals surface area (Å²) in [4.78, 5) is 13.1. The number of sulfonamides is 1. The van der Waals surface area contributed by atoms with Gasteiger partial charge in [-0.1, -0.05) is 31.4 Å². The first kappa shape index (κ1) is 24.9. The van der Waals surface area contributed by atoms with E-state index < -0.39 is 15.9 Å². The van der Waals surface area contributed by atoms with E-state index in [1.165, 1.54) is 30.7 Å². The molecule has 1 saturated carbocycles. The van der Waals surface area contributed by atoms with Crippen molar-refractivity contribution >= 4 is 21.6 Å². The van der Waals surface area contributed by atoms with Crippen molar-refractivity contribution in [2.24, 2.45) is 0 Å². The van der Waals surface area contributed by atoms with Crippen LogP contribution in [-0.2, 0) is 14.8 Å². The number of methoxy groups -OCH3 is 2. The molecule has 1 fully saturated rings. The van der Waals surface area contributed by atoms with E-state index in [0.29, 0.717) is 29.5 Å². The molecule has 0 saturated heterocycles. The lowest BCUT2D eigenvalue weighted by Crippen LogP contribution is -2.45. The molecule has 0 aliphatic heterocycles. The molecule has 0 bridgehead atoms. The third-order valence-electron chi connectivity index (χ3n) is 5.70. The normalized spacial score (nSPS) is 14.7. The summed E-state index contributed by atoms with van der Waals surface area (Å²) in [7, 11) is -1.01. The number of hydrogen-bond donors (Lipinski definition) is 1. The number of ether oxygens (including phenoxy) is 3. The van der Waals surface area contributed by atoms with Gasteiger partial charge in [0.05, 0.1) is 38.0 Å². The predicted molar refractivity (Wildman–Crippen MR) is 127 cm³/mol. The van der Waals surface area contributed by atoms with Gasteiger partial charge in [-0.05, 0) is 44.0 Å². The Balaban J connectivity index is 1.89. The average molecular weight is 477 g/mol. The molecule has 2 aromatic carbocycles. The lowest BCUT2D eigenvalue weighted by molar-refractivity contribution is -0.116. The monoisotopic (exact) mass is 476 g/mol. The summed E-state index contributed by atoms with van der Waals surface area (Å²) in [6, 6.07) is 11.3. The summed E-state index contributed by atoms with van der Waals surface area (Å²) in [5.74, 6) is 0.875. The van der Waals surface area contributed by atoms with Gasteiger partial charge in [-0.25, -0.2) is 8.42 Å². The van der Waals surface area contributed by atoms with Crippen LogP contribution in [0.1, 0.15) is 39.0 Å². The molecule has 0 radical (unpaired) electrons. The van der Waals surface area contributed by atoms with Gasteiger partial charge in [-0.15, -0.1) is 0 Å². The second-order valence-electron chi connectivity index (χ2n) is 7.84. The Kier molecular flexibility index (Phi) is 8.57. The van der Waals surface area contributed by atoms with Gasteiger partial charge in [-0.2, -0.15) is 4.31 Å². The molecule has 2 aromatic rings. The number of nitrogens with one attached hydrogen (secondary N) is 1. The molecular formula is C24H32N2O6S. The van der Waals surface area contributed by atoms with Gasteiger partial charge in [0.1, 0.15) is 5.75 Å². The quantitative estimate of drug-likeness (QED) is 0.556. The minimum absolute atomic E-state index is 0.0632. The maximum Gasteiger partial charge on any atom is 0.243 e. The predicted octanol–water partition coefficient (Wildman–Crippen LogP) is 4.06. The Labute approximate surface area is 195 Å². The molecule has 0 unspecified atom stereocenters. The third-order valence-corrected chi connectivity index (χ3v) is 7.60. The molecular weight excluding hydrogens is 444 g/mol. The summed E-state index contributed by atoms with van der Waals surface area (Å²) >= 11 is 0. The van der Waals surface area contributed by atoms with Crippen molar-refractivity contribution in [1.29, 1.82) is 0 Å². The second-order valence-corrected chi connectivity index (χ2v) is 9.73. The highest BCUT2D eigenvalue weighted by molar-refractivity contribution is 7.89. The Morgan fingerprint density at radius 2 is 1.70 bits per heavy atom. The van der Waals surface area contributed by atoms with Gasteiger partial charge in [0, 0.05) is 12.1 Å². The van der Waals surface area contributed by atoms with E-state index in [2.05, 4.69) is 5.32 Å². The smallest absolute Gasteiger partial charge is 0.243 e. The van der Waals surface area contributed by atoms with Crippen LogP contribution in [0.3, 0.4) is 0 Å². The Morgan fingerprint density at radius 3 is 2.36 bits per heavy atom. The van der Waals surface area contributed by atoms with Crippen LogP contribution in [0.5, 0.6) is 17.2 Å². The summed E-state index contributed by atoms with van der Waals surface area (Å²) in [6.45, 7) is 2.02. The van der Waals surface area contributed by atoms with Crippen molar-refractivity contribution in [1.82, 2.24) is 4.31 Å². The van der Waals surface area contributed by atoms with Crippen LogP contribution in [0.15, 0.2) is 47.4 Å². The van der Waals surface area contributed by atoms with Crippen LogP contribution < -0.4 is 19.5 Å². The van der Waals surface area contributed by atoms with E-state index >= 15 is 0 Å². The summed E-state index contributed by atoms with van der Waals surface area (Å²) in [5.41, 5.74) is 0.511. The molecule has 1 amide bonds. The van der Waals surface area contributed by atoms with Crippen LogP contribution in [0, 0.1) is 0 Å². The van der Waals surface area contributed by atoms with Crippen LogP contribution in [-0.4, -0.2) is 52.0 Å². The van der Waals surface area contributed by atoms with Gasteiger partial charge in [0.2, 0.25) is 15.9 Å². The number of carbonyl (C=O) groups excluding carboxylic acids is 1. The van der Waals surface area contributed by atoms with E-state index in [1.807, 2.05) is 13.0 Å². The lowest BCUT2D eigenvalue weighted by atomic mass is 9.95. The molecule has 0 heterocycles. The number of hydrogen-bond acceptors (Lipinski definition) is 6. The van der Waals surface area contributed by atoms with E-state index in [-0.39, 0.29) is 17.5 Å². The molecule has 0 spiro atoms. The number of para-hydroxylation sites is 2. The van der Waals surface area contributed by atoms with Gasteiger partial charge in [-0.3, -0.25) is 4.79 Å². The van der Waals surface area contributed by atoms with E-state index in [0.717, 1.165) is 32.1 Å². The summed E-state index contributed by atoms with van der Waals surface area (Å²) < 4.78 is 44.8. The van der Waals surface area contributed by atoms with E-state index in [4.69, 9.17) is 14.2 Å². The second kappa shape index (κ2) is 11.4. The van der Waals surface area contributed by atoms with Crippen LogP contribution in [0.4, 0.5) is 5.69 Å². The standard InChI is InChI=1S/C24H32N2O6S/c1-4-32-21-13-9-8-12-20(21)25-24(27)17-26(18-10-6-5-7-11-18)33(28,29)19-14-15-22(30-2)23(16-19)31-3/h8-9,12-16,18H,4-7,10-11,17H2,1-3H3,(H,25,27). The SMILES string of the molecule is CCOc1ccccc1NC(=O)CN(C1CCCCC1)S(=O)(=O)c1ccc(OC)c(OC)c1. The number of carbonyl (C=O) groups is 1. The zero-order valence-corrected chi connectivity index (χ0v) is 20.2. The fourth-order valence-electron chi connectivity index (χ4n) is 4.07. The van der Waals surface area contributed by atoms with Gasteiger partial charge in [0.15, 0.2) is 11.5 Å². The minimum atomic E-state index is -3.96. The van der Waals surface area contributed by atoms with E-state index in [1.54, 1.807) is 24.3 Å². The number of amides is 1. The number of benzene rings is 2. The van der Waals surface area contributed by atoms with Crippen LogP contribution in [0.25, 0.3) is 0 Å². The molecule has 1 N–H and O–H groups in total. The Bertz CT molecular complexity index is 1050. The third kappa shape index (κ3) is 5.97. The number of nitrogens with zero attached hydrogens (tertiary/aromatic N) is 1. The first-order chi connectivity index (χ1) is 15.9. The highest BCUT2D eigenvalue weighted by atomic mass is 32.2. The van der Waals surface area contributed by atoms with Gasteiger partial charge < -0.3 is 19.5 Å². The Morgan fingerprint density at radius 1 is 1.00 bits per heavy atom. The van der Waals surface area contributed by atoms with Crippen molar-refractivity contribution < 1.29 is 27.4 Å². The number of rotatable bonds is 10. The highest BCUT2D eigenvalue weighted by Crippen LogP contribution is 2.33.